The van der Waals surface area contributed by atoms with Crippen LogP contribution < -0.4 is 5.32 Å². The van der Waals surface area contributed by atoms with Gasteiger partial charge in [0, 0.05) is 18.0 Å². The molecule has 2 aromatic carbocycles. The van der Waals surface area contributed by atoms with Crippen LogP contribution in [-0.2, 0) is 20.8 Å². The monoisotopic (exact) mass is 459 g/mol. The van der Waals surface area contributed by atoms with Crippen LogP contribution in [0.5, 0.6) is 5.75 Å². The summed E-state index contributed by atoms with van der Waals surface area (Å²) in [5, 5.41) is 13.3. The Hall–Kier alpha value is -4.15. The van der Waals surface area contributed by atoms with Crippen LogP contribution in [0.3, 0.4) is 0 Å². The van der Waals surface area contributed by atoms with E-state index in [-0.39, 0.29) is 16.4 Å². The number of rotatable bonds is 4. The van der Waals surface area contributed by atoms with E-state index in [2.05, 4.69) is 9.82 Å². The average molecular weight is 459 g/mol. The van der Waals surface area contributed by atoms with Gasteiger partial charge >= 0.3 is 18.2 Å². The number of pyridine rings is 1. The lowest BCUT2D eigenvalue weighted by molar-refractivity contribution is -0.237. The van der Waals surface area contributed by atoms with Gasteiger partial charge in [-0.3, -0.25) is 15.1 Å². The summed E-state index contributed by atoms with van der Waals surface area (Å²) < 4.78 is 37.8. The second kappa shape index (κ2) is 7.76. The van der Waals surface area contributed by atoms with Gasteiger partial charge in [-0.15, -0.1) is 5.06 Å². The maximum Gasteiger partial charge on any atom is 0.493 e. The fraction of sp³-hybridized carbons (Fsp3) is 0.182. The number of hydroxylamine groups is 2. The molecule has 1 aliphatic rings. The summed E-state index contributed by atoms with van der Waals surface area (Å²) in [5.41, 5.74) is 0.352. The lowest BCUT2D eigenvalue weighted by Crippen LogP contribution is -2.51. The van der Waals surface area contributed by atoms with E-state index >= 15 is 0 Å². The molecule has 1 saturated heterocycles. The number of fused-ring (bicyclic) bond motifs is 1. The zero-order valence-corrected chi connectivity index (χ0v) is 17.0. The number of benzene rings is 2. The van der Waals surface area contributed by atoms with E-state index in [1.165, 1.54) is 12.1 Å². The minimum Gasteiger partial charge on any atom is -0.508 e. The van der Waals surface area contributed by atoms with Crippen molar-refractivity contribution in [3.05, 3.63) is 60.3 Å². The molecule has 1 atom stereocenters. The molecule has 0 spiro atoms. The van der Waals surface area contributed by atoms with Crippen molar-refractivity contribution in [2.45, 2.75) is 25.1 Å². The highest BCUT2D eigenvalue weighted by atomic mass is 19.4. The molecule has 170 valence electrons. The number of alkyl halides is 3. The summed E-state index contributed by atoms with van der Waals surface area (Å²) in [5.74, 6) is -3.88. The van der Waals surface area contributed by atoms with Gasteiger partial charge in [0.05, 0.1) is 5.52 Å². The Bertz CT molecular complexity index is 1290. The lowest BCUT2D eigenvalue weighted by Gasteiger charge is -2.30. The number of aromatic hydroxyl groups is 1. The molecule has 1 aliphatic heterocycles. The van der Waals surface area contributed by atoms with Crippen molar-refractivity contribution in [1.29, 1.82) is 0 Å². The van der Waals surface area contributed by atoms with Gasteiger partial charge in [0.25, 0.3) is 5.91 Å². The zero-order valence-electron chi connectivity index (χ0n) is 17.0. The van der Waals surface area contributed by atoms with Crippen LogP contribution in [0.2, 0.25) is 0 Å². The second-order valence-electron chi connectivity index (χ2n) is 7.64. The predicted molar refractivity (Wildman–Crippen MR) is 108 cm³/mol. The number of imide groups is 1. The molecular formula is C22H16F3N3O5. The van der Waals surface area contributed by atoms with E-state index < -0.39 is 36.0 Å². The quantitative estimate of drug-likeness (QED) is 0.579. The van der Waals surface area contributed by atoms with Crippen LogP contribution >= 0.6 is 0 Å². The second-order valence-corrected chi connectivity index (χ2v) is 7.64. The Labute approximate surface area is 184 Å². The van der Waals surface area contributed by atoms with Crippen molar-refractivity contribution in [2.24, 2.45) is 0 Å². The number of hydrogen-bond donors (Lipinski definition) is 2. The van der Waals surface area contributed by atoms with Crippen molar-refractivity contribution in [1.82, 2.24) is 15.4 Å². The van der Waals surface area contributed by atoms with Crippen molar-refractivity contribution in [3.63, 3.8) is 0 Å². The van der Waals surface area contributed by atoms with Crippen molar-refractivity contribution >= 4 is 28.8 Å². The van der Waals surface area contributed by atoms with E-state index in [0.717, 1.165) is 23.4 Å². The van der Waals surface area contributed by atoms with E-state index in [1.54, 1.807) is 18.3 Å². The molecule has 3 amide bonds. The molecule has 3 aromatic rings. The first-order valence-corrected chi connectivity index (χ1v) is 9.61. The average Bonchev–Trinajstić information content (AvgIpc) is 2.97. The number of urea groups is 1. The highest BCUT2D eigenvalue weighted by Gasteiger charge is 2.55. The predicted octanol–water partition coefficient (Wildman–Crippen LogP) is 3.48. The number of carbonyl (C=O) groups excluding carboxylic acids is 3. The molecule has 33 heavy (non-hydrogen) atoms. The standard InChI is InChI=1S/C22H16F3N3O5/c1-21(18(30)27-20(32)28(21)33-19(31)22(23,24)25)11-15-5-4-13(10-17(15)29)12-6-7-16-14(9-12)3-2-8-26-16/h2-10,29H,11H2,1H3,(H,27,30,32)/t21-/m1/s1. The first kappa shape index (κ1) is 22.1. The van der Waals surface area contributed by atoms with E-state index in [9.17, 15) is 32.7 Å². The summed E-state index contributed by atoms with van der Waals surface area (Å²) >= 11 is 0. The van der Waals surface area contributed by atoms with Crippen molar-refractivity contribution in [2.75, 3.05) is 0 Å². The molecular weight excluding hydrogens is 443 g/mol. The molecule has 4 rings (SSSR count). The summed E-state index contributed by atoms with van der Waals surface area (Å²) in [7, 11) is 0. The minimum absolute atomic E-state index is 0.0504. The third-order valence-electron chi connectivity index (χ3n) is 5.30. The van der Waals surface area contributed by atoms with Crippen molar-refractivity contribution < 1.29 is 37.5 Å². The van der Waals surface area contributed by atoms with Gasteiger partial charge in [-0.2, -0.15) is 13.2 Å². The minimum atomic E-state index is -5.37. The summed E-state index contributed by atoms with van der Waals surface area (Å²) in [6.45, 7) is 1.13. The number of nitrogens with zero attached hydrogens (tertiary/aromatic N) is 2. The van der Waals surface area contributed by atoms with E-state index in [1.807, 2.05) is 29.6 Å². The Balaban J connectivity index is 1.62. The fourth-order valence-corrected chi connectivity index (χ4v) is 3.55. The highest BCUT2D eigenvalue weighted by molar-refractivity contribution is 6.06. The van der Waals surface area contributed by atoms with E-state index in [4.69, 9.17) is 0 Å². The summed E-state index contributed by atoms with van der Waals surface area (Å²) in [4.78, 5) is 44.0. The molecule has 0 radical (unpaired) electrons. The van der Waals surface area contributed by atoms with Gasteiger partial charge < -0.3 is 9.94 Å². The normalized spacial score (nSPS) is 18.5. The molecule has 0 unspecified atom stereocenters. The smallest absolute Gasteiger partial charge is 0.493 e. The Morgan fingerprint density at radius 2 is 1.85 bits per heavy atom. The molecule has 1 fully saturated rings. The molecule has 0 aliphatic carbocycles. The molecule has 8 nitrogen and oxygen atoms in total. The third kappa shape index (κ3) is 4.04. The molecule has 2 N–H and O–H groups in total. The SMILES string of the molecule is C[C@@]1(Cc2ccc(-c3ccc4ncccc4c3)cc2O)C(=O)NC(=O)N1OC(=O)C(F)(F)F. The number of carbonyl (C=O) groups is 3. The molecule has 0 saturated carbocycles. The largest absolute Gasteiger partial charge is 0.508 e. The molecule has 2 heterocycles. The van der Waals surface area contributed by atoms with Gasteiger partial charge in [0.2, 0.25) is 0 Å². The first-order chi connectivity index (χ1) is 15.5. The number of phenolic OH excluding ortho intramolecular Hbond substituents is 1. The van der Waals surface area contributed by atoms with Crippen LogP contribution in [-0.4, -0.2) is 44.8 Å². The lowest BCUT2D eigenvalue weighted by atomic mass is 9.91. The number of aromatic nitrogens is 1. The Morgan fingerprint density at radius 1 is 1.15 bits per heavy atom. The van der Waals surface area contributed by atoms with Crippen LogP contribution in [0, 0.1) is 0 Å². The molecule has 1 aromatic heterocycles. The molecule has 11 heteroatoms. The topological polar surface area (TPSA) is 109 Å². The third-order valence-corrected chi connectivity index (χ3v) is 5.30. The van der Waals surface area contributed by atoms with Gasteiger partial charge in [-0.1, -0.05) is 24.3 Å². The number of halogens is 3. The maximum atomic E-state index is 12.6. The highest BCUT2D eigenvalue weighted by Crippen LogP contribution is 2.34. The first-order valence-electron chi connectivity index (χ1n) is 9.61. The number of nitrogens with one attached hydrogen (secondary N) is 1. The fourth-order valence-electron chi connectivity index (χ4n) is 3.55. The van der Waals surface area contributed by atoms with Gasteiger partial charge in [-0.05, 0) is 47.9 Å². The Morgan fingerprint density at radius 3 is 2.55 bits per heavy atom. The van der Waals surface area contributed by atoms with Crippen LogP contribution in [0.1, 0.15) is 12.5 Å². The van der Waals surface area contributed by atoms with Gasteiger partial charge in [0.1, 0.15) is 5.75 Å². The summed E-state index contributed by atoms with van der Waals surface area (Å²) in [6.07, 6.45) is -4.11. The number of phenols is 1. The Kier molecular flexibility index (Phi) is 5.19. The van der Waals surface area contributed by atoms with Crippen LogP contribution in [0.15, 0.2) is 54.7 Å². The number of amides is 3. The summed E-state index contributed by atoms with van der Waals surface area (Å²) in [6, 6.07) is 12.4. The van der Waals surface area contributed by atoms with Crippen LogP contribution in [0.25, 0.3) is 22.0 Å². The van der Waals surface area contributed by atoms with Gasteiger partial charge in [-0.25, -0.2) is 9.59 Å². The van der Waals surface area contributed by atoms with E-state index in [0.29, 0.717) is 5.56 Å². The zero-order chi connectivity index (χ0) is 24.0. The molecule has 0 bridgehead atoms. The number of hydrogen-bond acceptors (Lipinski definition) is 6. The van der Waals surface area contributed by atoms with Crippen LogP contribution in [0.4, 0.5) is 18.0 Å². The maximum absolute atomic E-state index is 12.6. The van der Waals surface area contributed by atoms with Crippen molar-refractivity contribution in [3.8, 4) is 16.9 Å². The van der Waals surface area contributed by atoms with Gasteiger partial charge in [0.15, 0.2) is 5.54 Å².